The van der Waals surface area contributed by atoms with E-state index in [1.807, 2.05) is 17.8 Å². The lowest BCUT2D eigenvalue weighted by molar-refractivity contribution is -0.0959. The molecule has 1 aromatic rings. The van der Waals surface area contributed by atoms with Crippen LogP contribution in [0.4, 0.5) is 0 Å². The summed E-state index contributed by atoms with van der Waals surface area (Å²) in [7, 11) is 0. The van der Waals surface area contributed by atoms with Crippen LogP contribution in [-0.4, -0.2) is 29.5 Å². The molecule has 1 atom stereocenters. The van der Waals surface area contributed by atoms with Crippen LogP contribution in [0.3, 0.4) is 0 Å². The van der Waals surface area contributed by atoms with Gasteiger partial charge in [0.1, 0.15) is 0 Å². The highest BCUT2D eigenvalue weighted by Crippen LogP contribution is 2.41. The maximum absolute atomic E-state index is 12.8. The maximum Gasteiger partial charge on any atom is 0.167 e. The first-order valence-corrected chi connectivity index (χ1v) is 9.63. The monoisotopic (exact) mass is 388 g/mol. The van der Waals surface area contributed by atoms with E-state index in [-0.39, 0.29) is 17.3 Å². The van der Waals surface area contributed by atoms with Gasteiger partial charge in [0.2, 0.25) is 0 Å². The van der Waals surface area contributed by atoms with Gasteiger partial charge in [-0.25, -0.2) is 0 Å². The van der Waals surface area contributed by atoms with Gasteiger partial charge in [-0.1, -0.05) is 27.5 Å². The summed E-state index contributed by atoms with van der Waals surface area (Å²) in [6, 6.07) is 5.42. The number of halogens is 2. The van der Waals surface area contributed by atoms with Crippen molar-refractivity contribution in [3.05, 3.63) is 33.3 Å². The van der Waals surface area contributed by atoms with E-state index in [1.54, 1.807) is 12.1 Å². The molecule has 0 amide bonds. The highest BCUT2D eigenvalue weighted by molar-refractivity contribution is 9.10. The standard InChI is InChI=1S/C16H18BrClO2S/c17-14-2-1-12(18)9-13(14)15(19)11-3-6-20-16(10-11)4-7-21-8-5-16/h1-2,9,11H,3-8,10H2. The Morgan fingerprint density at radius 1 is 1.38 bits per heavy atom. The number of ketones is 1. The van der Waals surface area contributed by atoms with Crippen molar-refractivity contribution < 1.29 is 9.53 Å². The molecule has 2 heterocycles. The van der Waals surface area contributed by atoms with Crippen LogP contribution < -0.4 is 0 Å². The third-order valence-corrected chi connectivity index (χ3v) is 6.37. The first-order valence-electron chi connectivity index (χ1n) is 7.31. The molecule has 0 N–H and O–H groups in total. The molecule has 2 aliphatic rings. The van der Waals surface area contributed by atoms with Gasteiger partial charge in [0.25, 0.3) is 0 Å². The molecule has 1 aromatic carbocycles. The minimum absolute atomic E-state index is 0.0524. The Bertz CT molecular complexity index is 538. The van der Waals surface area contributed by atoms with Crippen molar-refractivity contribution in [1.82, 2.24) is 0 Å². The number of rotatable bonds is 2. The lowest BCUT2D eigenvalue weighted by Crippen LogP contribution is -2.44. The molecule has 21 heavy (non-hydrogen) atoms. The Labute approximate surface area is 143 Å². The summed E-state index contributed by atoms with van der Waals surface area (Å²) in [6.07, 6.45) is 3.80. The van der Waals surface area contributed by atoms with Crippen molar-refractivity contribution in [3.8, 4) is 0 Å². The fourth-order valence-electron chi connectivity index (χ4n) is 3.25. The third kappa shape index (κ3) is 3.49. The summed E-state index contributed by atoms with van der Waals surface area (Å²) in [5.74, 6) is 2.53. The highest BCUT2D eigenvalue weighted by Gasteiger charge is 2.41. The third-order valence-electron chi connectivity index (χ3n) is 4.46. The summed E-state index contributed by atoms with van der Waals surface area (Å²) in [6.45, 7) is 0.694. The molecule has 3 rings (SSSR count). The SMILES string of the molecule is O=C(c1cc(Cl)ccc1Br)C1CCOC2(CCSCC2)C1. The molecule has 1 unspecified atom stereocenters. The number of thioether (sulfide) groups is 1. The molecular weight excluding hydrogens is 372 g/mol. The topological polar surface area (TPSA) is 26.3 Å². The van der Waals surface area contributed by atoms with Gasteiger partial charge in [0, 0.05) is 27.6 Å². The zero-order valence-corrected chi connectivity index (χ0v) is 14.9. The Morgan fingerprint density at radius 2 is 2.14 bits per heavy atom. The molecule has 0 aromatic heterocycles. The fourth-order valence-corrected chi connectivity index (χ4v) is 5.10. The molecule has 0 aliphatic carbocycles. The van der Waals surface area contributed by atoms with E-state index >= 15 is 0 Å². The normalized spacial score (nSPS) is 25.0. The van der Waals surface area contributed by atoms with Gasteiger partial charge >= 0.3 is 0 Å². The van der Waals surface area contributed by atoms with Crippen molar-refractivity contribution in [2.75, 3.05) is 18.1 Å². The van der Waals surface area contributed by atoms with Gasteiger partial charge in [-0.15, -0.1) is 0 Å². The fraction of sp³-hybridized carbons (Fsp3) is 0.562. The van der Waals surface area contributed by atoms with Crippen molar-refractivity contribution in [2.24, 2.45) is 5.92 Å². The molecule has 1 spiro atoms. The summed E-state index contributed by atoms with van der Waals surface area (Å²) < 4.78 is 6.90. The van der Waals surface area contributed by atoms with E-state index in [0.29, 0.717) is 17.2 Å². The largest absolute Gasteiger partial charge is 0.375 e. The van der Waals surface area contributed by atoms with E-state index in [0.717, 1.165) is 41.7 Å². The van der Waals surface area contributed by atoms with Gasteiger partial charge < -0.3 is 4.74 Å². The second-order valence-electron chi connectivity index (χ2n) is 5.82. The zero-order chi connectivity index (χ0) is 14.9. The minimum atomic E-state index is -0.0606. The molecule has 114 valence electrons. The number of hydrogen-bond donors (Lipinski definition) is 0. The predicted molar refractivity (Wildman–Crippen MR) is 91.4 cm³/mol. The maximum atomic E-state index is 12.8. The highest BCUT2D eigenvalue weighted by atomic mass is 79.9. The van der Waals surface area contributed by atoms with Crippen molar-refractivity contribution in [2.45, 2.75) is 31.3 Å². The summed E-state index contributed by atoms with van der Waals surface area (Å²) in [4.78, 5) is 12.8. The van der Waals surface area contributed by atoms with Gasteiger partial charge in [-0.2, -0.15) is 11.8 Å². The van der Waals surface area contributed by atoms with Crippen molar-refractivity contribution in [1.29, 1.82) is 0 Å². The van der Waals surface area contributed by atoms with Crippen LogP contribution in [-0.2, 0) is 4.74 Å². The van der Waals surface area contributed by atoms with Crippen LogP contribution in [0.1, 0.15) is 36.0 Å². The van der Waals surface area contributed by atoms with E-state index in [9.17, 15) is 4.79 Å². The number of ether oxygens (including phenoxy) is 1. The van der Waals surface area contributed by atoms with Crippen LogP contribution in [0.2, 0.25) is 5.02 Å². The Balaban J connectivity index is 1.79. The van der Waals surface area contributed by atoms with Crippen molar-refractivity contribution in [3.63, 3.8) is 0 Å². The van der Waals surface area contributed by atoms with Crippen molar-refractivity contribution >= 4 is 45.1 Å². The van der Waals surface area contributed by atoms with Crippen LogP contribution in [0.25, 0.3) is 0 Å². The molecule has 0 saturated carbocycles. The smallest absolute Gasteiger partial charge is 0.167 e. The van der Waals surface area contributed by atoms with Gasteiger partial charge in [0.15, 0.2) is 5.78 Å². The van der Waals surface area contributed by atoms with E-state index in [4.69, 9.17) is 16.3 Å². The van der Waals surface area contributed by atoms with E-state index in [2.05, 4.69) is 15.9 Å². The van der Waals surface area contributed by atoms with E-state index in [1.165, 1.54) is 0 Å². The van der Waals surface area contributed by atoms with Gasteiger partial charge in [0.05, 0.1) is 5.60 Å². The first kappa shape index (κ1) is 15.9. The molecular formula is C16H18BrClO2S. The second-order valence-corrected chi connectivity index (χ2v) is 8.34. The number of carbonyl (C=O) groups excluding carboxylic acids is 1. The molecule has 5 heteroatoms. The zero-order valence-electron chi connectivity index (χ0n) is 11.7. The van der Waals surface area contributed by atoms with E-state index < -0.39 is 0 Å². The Morgan fingerprint density at radius 3 is 2.90 bits per heavy atom. The summed E-state index contributed by atoms with van der Waals surface area (Å²) in [5, 5.41) is 0.609. The number of Topliss-reactive ketones (excluding diaryl/α,β-unsaturated/α-hetero) is 1. The first-order chi connectivity index (χ1) is 10.1. The molecule has 0 radical (unpaired) electrons. The Hall–Kier alpha value is -0.0300. The average molecular weight is 390 g/mol. The molecule has 2 fully saturated rings. The molecule has 0 bridgehead atoms. The second kappa shape index (κ2) is 6.61. The summed E-state index contributed by atoms with van der Waals surface area (Å²) in [5.41, 5.74) is 0.643. The Kier molecular flexibility index (Phi) is 4.99. The minimum Gasteiger partial charge on any atom is -0.375 e. The van der Waals surface area contributed by atoms with Crippen LogP contribution in [0.15, 0.2) is 22.7 Å². The molecule has 2 nitrogen and oxygen atoms in total. The lowest BCUT2D eigenvalue weighted by atomic mass is 9.79. The number of carbonyl (C=O) groups is 1. The average Bonchev–Trinajstić information content (AvgIpc) is 2.50. The molecule has 2 aliphatic heterocycles. The van der Waals surface area contributed by atoms with Gasteiger partial charge in [-0.05, 0) is 55.4 Å². The predicted octanol–water partition coefficient (Wildman–Crippen LogP) is 4.98. The van der Waals surface area contributed by atoms with Crippen LogP contribution in [0, 0.1) is 5.92 Å². The van der Waals surface area contributed by atoms with Crippen LogP contribution in [0.5, 0.6) is 0 Å². The molecule has 2 saturated heterocycles. The lowest BCUT2D eigenvalue weighted by Gasteiger charge is -2.43. The summed E-state index contributed by atoms with van der Waals surface area (Å²) >= 11 is 11.5. The quantitative estimate of drug-likeness (QED) is 0.667. The van der Waals surface area contributed by atoms with Crippen LogP contribution >= 0.6 is 39.3 Å². The number of hydrogen-bond acceptors (Lipinski definition) is 3. The number of benzene rings is 1. The van der Waals surface area contributed by atoms with Gasteiger partial charge in [-0.3, -0.25) is 4.79 Å².